The van der Waals surface area contributed by atoms with E-state index < -0.39 is 29.0 Å². The number of halogens is 5. The second kappa shape index (κ2) is 5.68. The van der Waals surface area contributed by atoms with Crippen LogP contribution in [0.25, 0.3) is 0 Å². The Bertz CT molecular complexity index is 636. The number of alkyl halides is 5. The van der Waals surface area contributed by atoms with E-state index in [1.165, 1.54) is 12.1 Å². The fraction of sp³-hybridized carbons (Fsp3) is 0.562. The highest BCUT2D eigenvalue weighted by Gasteiger charge is 2.70. The van der Waals surface area contributed by atoms with Crippen LogP contribution in [0.2, 0.25) is 0 Å². The second-order valence-corrected chi connectivity index (χ2v) is 6.56. The quantitative estimate of drug-likeness (QED) is 0.844. The Kier molecular flexibility index (Phi) is 4.06. The van der Waals surface area contributed by atoms with Gasteiger partial charge >= 0.3 is 6.18 Å². The summed E-state index contributed by atoms with van der Waals surface area (Å²) in [4.78, 5) is 13.7. The summed E-state index contributed by atoms with van der Waals surface area (Å²) in [5.74, 6) is -3.04. The number of carbonyl (C=O) groups is 1. The lowest BCUT2D eigenvalue weighted by Gasteiger charge is -2.31. The number of rotatable bonds is 3. The molecule has 1 aliphatic carbocycles. The van der Waals surface area contributed by atoms with Gasteiger partial charge in [-0.25, -0.2) is 8.78 Å². The topological polar surface area (TPSA) is 32.3 Å². The average Bonchev–Trinajstić information content (AvgIpc) is 3.01. The Morgan fingerprint density at radius 3 is 2.38 bits per heavy atom. The van der Waals surface area contributed by atoms with Gasteiger partial charge in [-0.15, -0.1) is 0 Å². The molecule has 0 radical (unpaired) electrons. The number of hydrogen-bond donors (Lipinski definition) is 1. The molecule has 1 aromatic rings. The Balaban J connectivity index is 1.52. The van der Waals surface area contributed by atoms with Gasteiger partial charge < -0.3 is 5.32 Å². The first kappa shape index (κ1) is 17.1. The van der Waals surface area contributed by atoms with Gasteiger partial charge in [0.1, 0.15) is 0 Å². The van der Waals surface area contributed by atoms with E-state index in [-0.39, 0.29) is 18.7 Å². The van der Waals surface area contributed by atoms with Crippen LogP contribution in [0.5, 0.6) is 0 Å². The molecule has 0 aromatic heterocycles. The number of benzene rings is 1. The monoisotopic (exact) mass is 348 g/mol. The van der Waals surface area contributed by atoms with Gasteiger partial charge in [0.25, 0.3) is 5.92 Å². The van der Waals surface area contributed by atoms with Crippen molar-refractivity contribution in [1.82, 2.24) is 4.90 Å². The van der Waals surface area contributed by atoms with Gasteiger partial charge in [-0.1, -0.05) is 6.07 Å². The van der Waals surface area contributed by atoms with Crippen molar-refractivity contribution in [1.29, 1.82) is 0 Å². The molecule has 132 valence electrons. The van der Waals surface area contributed by atoms with E-state index in [1.807, 2.05) is 0 Å². The van der Waals surface area contributed by atoms with E-state index in [1.54, 1.807) is 4.90 Å². The third kappa shape index (κ3) is 3.38. The maximum atomic E-state index is 13.3. The lowest BCUT2D eigenvalue weighted by atomic mass is 9.93. The summed E-state index contributed by atoms with van der Waals surface area (Å²) in [6.45, 7) is 0.773. The van der Waals surface area contributed by atoms with Crippen molar-refractivity contribution in [3.63, 3.8) is 0 Å². The number of carbonyl (C=O) groups excluding carboxylic acids is 1. The van der Waals surface area contributed by atoms with Gasteiger partial charge in [-0.3, -0.25) is 9.69 Å². The molecule has 2 fully saturated rings. The highest BCUT2D eigenvalue weighted by molar-refractivity contribution is 5.92. The maximum absolute atomic E-state index is 13.3. The fourth-order valence-electron chi connectivity index (χ4n) is 3.24. The van der Waals surface area contributed by atoms with Gasteiger partial charge in [0, 0.05) is 17.5 Å². The first-order chi connectivity index (χ1) is 11.1. The lowest BCUT2D eigenvalue weighted by Crippen LogP contribution is -2.41. The van der Waals surface area contributed by atoms with Crippen LogP contribution >= 0.6 is 0 Å². The molecule has 3 rings (SSSR count). The molecule has 1 amide bonds. The summed E-state index contributed by atoms with van der Waals surface area (Å²) >= 11 is 0. The summed E-state index contributed by atoms with van der Waals surface area (Å²) in [5, 5.41) is 2.43. The largest absolute Gasteiger partial charge is 0.416 e. The van der Waals surface area contributed by atoms with Gasteiger partial charge in [0.15, 0.2) is 0 Å². The number of hydrogen-bond acceptors (Lipinski definition) is 2. The molecule has 1 aliphatic heterocycles. The molecule has 0 atom stereocenters. The molecular weight excluding hydrogens is 331 g/mol. The predicted molar refractivity (Wildman–Crippen MR) is 77.7 cm³/mol. The molecule has 1 saturated carbocycles. The molecule has 24 heavy (non-hydrogen) atoms. The Hall–Kier alpha value is -1.70. The van der Waals surface area contributed by atoms with E-state index in [0.29, 0.717) is 25.9 Å². The van der Waals surface area contributed by atoms with Crippen molar-refractivity contribution in [3.05, 3.63) is 29.8 Å². The summed E-state index contributed by atoms with van der Waals surface area (Å²) in [7, 11) is 0. The van der Waals surface area contributed by atoms with Crippen LogP contribution in [-0.4, -0.2) is 36.4 Å². The van der Waals surface area contributed by atoms with Crippen molar-refractivity contribution in [2.24, 2.45) is 5.41 Å². The van der Waals surface area contributed by atoms with Crippen LogP contribution < -0.4 is 5.32 Å². The van der Waals surface area contributed by atoms with Crippen LogP contribution in [0.3, 0.4) is 0 Å². The third-order valence-corrected chi connectivity index (χ3v) is 4.87. The van der Waals surface area contributed by atoms with Crippen molar-refractivity contribution < 1.29 is 26.7 Å². The van der Waals surface area contributed by atoms with Crippen LogP contribution in [0, 0.1) is 5.41 Å². The highest BCUT2D eigenvalue weighted by Crippen LogP contribution is 2.65. The van der Waals surface area contributed by atoms with Gasteiger partial charge in [0.2, 0.25) is 5.91 Å². The molecule has 0 bridgehead atoms. The van der Waals surface area contributed by atoms with Crippen LogP contribution in [0.4, 0.5) is 27.6 Å². The molecule has 1 spiro atoms. The minimum atomic E-state index is -4.47. The Labute approximate surface area is 135 Å². The summed E-state index contributed by atoms with van der Waals surface area (Å²) in [5.41, 5.74) is -1.66. The van der Waals surface area contributed by atoms with Crippen molar-refractivity contribution >= 4 is 11.6 Å². The fourth-order valence-corrected chi connectivity index (χ4v) is 3.24. The number of likely N-dealkylation sites (tertiary alicyclic amines) is 1. The standard InChI is InChI=1S/C16H17F5N2O/c17-15(18)10-14(15)4-6-23(7-5-14)9-13(24)22-12-3-1-2-11(8-12)16(19,20)21/h1-3,8H,4-7,9-10H2,(H,22,24). The number of anilines is 1. The average molecular weight is 348 g/mol. The van der Waals surface area contributed by atoms with Crippen molar-refractivity contribution in [2.75, 3.05) is 25.0 Å². The molecule has 1 heterocycles. The van der Waals surface area contributed by atoms with E-state index in [4.69, 9.17) is 0 Å². The normalized spacial score (nSPS) is 22.4. The zero-order valence-electron chi connectivity index (χ0n) is 12.8. The minimum Gasteiger partial charge on any atom is -0.325 e. The van der Waals surface area contributed by atoms with Crippen LogP contribution in [0.1, 0.15) is 24.8 Å². The molecular formula is C16H17F5N2O. The molecule has 1 saturated heterocycles. The van der Waals surface area contributed by atoms with E-state index in [0.717, 1.165) is 12.1 Å². The zero-order valence-corrected chi connectivity index (χ0v) is 12.8. The Morgan fingerprint density at radius 1 is 1.21 bits per heavy atom. The highest BCUT2D eigenvalue weighted by atomic mass is 19.4. The first-order valence-corrected chi connectivity index (χ1v) is 7.69. The molecule has 1 N–H and O–H groups in total. The van der Waals surface area contributed by atoms with Gasteiger partial charge in [-0.2, -0.15) is 13.2 Å². The second-order valence-electron chi connectivity index (χ2n) is 6.56. The van der Waals surface area contributed by atoms with Gasteiger partial charge in [-0.05, 0) is 44.1 Å². The molecule has 2 aliphatic rings. The van der Waals surface area contributed by atoms with E-state index in [9.17, 15) is 26.7 Å². The van der Waals surface area contributed by atoms with E-state index in [2.05, 4.69) is 5.32 Å². The summed E-state index contributed by atoms with van der Waals surface area (Å²) < 4.78 is 64.5. The number of nitrogens with zero attached hydrogens (tertiary/aromatic N) is 1. The first-order valence-electron chi connectivity index (χ1n) is 7.69. The molecule has 3 nitrogen and oxygen atoms in total. The maximum Gasteiger partial charge on any atom is 0.416 e. The summed E-state index contributed by atoms with van der Waals surface area (Å²) in [6.07, 6.45) is -3.87. The number of nitrogens with one attached hydrogen (secondary N) is 1. The van der Waals surface area contributed by atoms with E-state index >= 15 is 0 Å². The number of piperidine rings is 1. The molecule has 1 aromatic carbocycles. The minimum absolute atomic E-state index is 0.0160. The summed E-state index contributed by atoms with van der Waals surface area (Å²) in [6, 6.07) is 4.39. The van der Waals surface area contributed by atoms with Crippen molar-refractivity contribution in [3.8, 4) is 0 Å². The predicted octanol–water partition coefficient (Wildman–Crippen LogP) is 3.77. The van der Waals surface area contributed by atoms with Crippen molar-refractivity contribution in [2.45, 2.75) is 31.4 Å². The van der Waals surface area contributed by atoms with Crippen LogP contribution in [0.15, 0.2) is 24.3 Å². The number of amides is 1. The molecule has 8 heteroatoms. The SMILES string of the molecule is O=C(CN1CCC2(CC1)CC2(F)F)Nc1cccc(C(F)(F)F)c1. The Morgan fingerprint density at radius 2 is 1.83 bits per heavy atom. The molecule has 0 unspecified atom stereocenters. The zero-order chi connectivity index (χ0) is 17.6. The van der Waals surface area contributed by atoms with Gasteiger partial charge in [0.05, 0.1) is 12.1 Å². The smallest absolute Gasteiger partial charge is 0.325 e. The lowest BCUT2D eigenvalue weighted by molar-refractivity contribution is -0.137. The third-order valence-electron chi connectivity index (χ3n) is 4.87. The van der Waals surface area contributed by atoms with Crippen LogP contribution in [-0.2, 0) is 11.0 Å².